The summed E-state index contributed by atoms with van der Waals surface area (Å²) in [5.41, 5.74) is 0. The van der Waals surface area contributed by atoms with Crippen molar-refractivity contribution in [2.45, 2.75) is 116 Å². The van der Waals surface area contributed by atoms with Crippen LogP contribution in [0, 0.1) is 0 Å². The number of hydrogen-bond donors (Lipinski definition) is 4. The Kier molecular flexibility index (Phi) is 21.7. The van der Waals surface area contributed by atoms with Crippen molar-refractivity contribution >= 4 is 0 Å². The monoisotopic (exact) mass is 363 g/mol. The average Bonchev–Trinajstić information content (AvgIpc) is 2.57. The van der Waals surface area contributed by atoms with Gasteiger partial charge in [0.05, 0.1) is 0 Å². The summed E-state index contributed by atoms with van der Waals surface area (Å²) in [5.74, 6) is -2.12. The lowest BCUT2D eigenvalue weighted by Crippen LogP contribution is -2.48. The number of aliphatic hydroxyl groups excluding tert-OH is 1. The number of aliphatic hydroxyl groups is 3. The lowest BCUT2D eigenvalue weighted by molar-refractivity contribution is -0.208. The largest absolute Gasteiger partial charge is 0.412 e. The van der Waals surface area contributed by atoms with Crippen molar-refractivity contribution in [3.63, 3.8) is 0 Å². The molecule has 0 aromatic rings. The third-order valence-electron chi connectivity index (χ3n) is 4.66. The summed E-state index contributed by atoms with van der Waals surface area (Å²) in [7, 11) is 0. The molecule has 0 aliphatic heterocycles. The number of rotatable bonds is 19. The van der Waals surface area contributed by atoms with Gasteiger partial charge in [0.1, 0.15) is 6.61 Å². The molecule has 0 fully saturated rings. The van der Waals surface area contributed by atoms with Gasteiger partial charge in [-0.05, 0) is 6.42 Å². The van der Waals surface area contributed by atoms with E-state index in [1.54, 1.807) is 0 Å². The Labute approximate surface area is 155 Å². The molecule has 5 nitrogen and oxygen atoms in total. The van der Waals surface area contributed by atoms with Gasteiger partial charge in [-0.15, -0.1) is 0 Å². The maximum absolute atomic E-state index is 9.14. The van der Waals surface area contributed by atoms with E-state index in [1.807, 2.05) is 0 Å². The van der Waals surface area contributed by atoms with Crippen molar-refractivity contribution in [2.24, 2.45) is 0 Å². The van der Waals surface area contributed by atoms with Gasteiger partial charge in [-0.2, -0.15) is 0 Å². The van der Waals surface area contributed by atoms with Crippen molar-refractivity contribution < 1.29 is 20.8 Å². The van der Waals surface area contributed by atoms with Gasteiger partial charge in [0.2, 0.25) is 5.91 Å². The first-order chi connectivity index (χ1) is 11.6. The maximum Gasteiger partial charge on any atom is 0.246 e. The second-order valence-corrected chi connectivity index (χ2v) is 7.20. The molecule has 0 aromatic carbocycles. The average molecular weight is 364 g/mol. The normalized spacial score (nSPS) is 11.5. The molecule has 154 valence electrons. The van der Waals surface area contributed by atoms with Crippen LogP contribution in [0.5, 0.6) is 0 Å². The first-order valence-electron chi connectivity index (χ1n) is 10.4. The molecule has 0 aliphatic carbocycles. The summed E-state index contributed by atoms with van der Waals surface area (Å²) in [6.45, 7) is 2.13. The molecule has 0 unspecified atom stereocenters. The Morgan fingerprint density at radius 2 is 0.920 bits per heavy atom. The number of hydrogen-bond acceptors (Lipinski definition) is 4. The smallest absolute Gasteiger partial charge is 0.246 e. The second-order valence-electron chi connectivity index (χ2n) is 7.20. The standard InChI is InChI=1S/C20H43NO3.H2O/c1-2-3-4-5-6-7-8-9-10-11-12-13-14-15-16-17-18-21-20(23,24)19-22;/h21-24H,2-19H2,1H3;1H2. The van der Waals surface area contributed by atoms with Gasteiger partial charge >= 0.3 is 0 Å². The summed E-state index contributed by atoms with van der Waals surface area (Å²) < 4.78 is 0. The zero-order valence-electron chi connectivity index (χ0n) is 16.6. The van der Waals surface area contributed by atoms with Crippen LogP contribution in [0.25, 0.3) is 0 Å². The highest BCUT2D eigenvalue weighted by molar-refractivity contribution is 4.59. The molecule has 0 saturated heterocycles. The molecule has 0 bridgehead atoms. The van der Waals surface area contributed by atoms with Gasteiger partial charge in [-0.3, -0.25) is 5.32 Å². The van der Waals surface area contributed by atoms with E-state index in [0.29, 0.717) is 6.54 Å². The minimum atomic E-state index is -2.12. The summed E-state index contributed by atoms with van der Waals surface area (Å²) in [5, 5.41) is 29.5. The first kappa shape index (κ1) is 27.0. The molecule has 0 rings (SSSR count). The van der Waals surface area contributed by atoms with Crippen molar-refractivity contribution in [3.05, 3.63) is 0 Å². The molecule has 0 aliphatic rings. The summed E-state index contributed by atoms with van der Waals surface area (Å²) in [4.78, 5) is 0. The fraction of sp³-hybridized carbons (Fsp3) is 1.00. The lowest BCUT2D eigenvalue weighted by atomic mass is 10.0. The zero-order valence-corrected chi connectivity index (χ0v) is 16.6. The summed E-state index contributed by atoms with van der Waals surface area (Å²) >= 11 is 0. The minimum absolute atomic E-state index is 0. The van der Waals surface area contributed by atoms with Crippen LogP contribution < -0.4 is 5.32 Å². The molecule has 5 heteroatoms. The van der Waals surface area contributed by atoms with E-state index in [-0.39, 0.29) is 5.48 Å². The van der Waals surface area contributed by atoms with E-state index in [4.69, 9.17) is 15.3 Å². The van der Waals surface area contributed by atoms with Gasteiger partial charge < -0.3 is 20.8 Å². The van der Waals surface area contributed by atoms with Gasteiger partial charge in [0, 0.05) is 6.54 Å². The molecule has 0 heterocycles. The predicted octanol–water partition coefficient (Wildman–Crippen LogP) is 3.64. The van der Waals surface area contributed by atoms with Crippen LogP contribution in [-0.2, 0) is 0 Å². The number of nitrogens with one attached hydrogen (secondary N) is 1. The molecule has 0 spiro atoms. The molecule has 25 heavy (non-hydrogen) atoms. The molecule has 0 atom stereocenters. The molecular formula is C20H45NO4. The first-order valence-corrected chi connectivity index (χ1v) is 10.4. The van der Waals surface area contributed by atoms with Crippen molar-refractivity contribution in [1.29, 1.82) is 0 Å². The SMILES string of the molecule is CCCCCCCCCCCCCCCCCCNC(O)(O)CO.O. The highest BCUT2D eigenvalue weighted by atomic mass is 16.5. The van der Waals surface area contributed by atoms with Crippen LogP contribution in [0.15, 0.2) is 0 Å². The zero-order chi connectivity index (χ0) is 17.9. The van der Waals surface area contributed by atoms with Crippen LogP contribution in [0.1, 0.15) is 110 Å². The Balaban J connectivity index is 0. The summed E-state index contributed by atoms with van der Waals surface area (Å²) in [6.07, 6.45) is 21.3. The van der Waals surface area contributed by atoms with Crippen LogP contribution in [-0.4, -0.2) is 39.9 Å². The van der Waals surface area contributed by atoms with Gasteiger partial charge in [0.15, 0.2) is 0 Å². The van der Waals surface area contributed by atoms with E-state index >= 15 is 0 Å². The van der Waals surface area contributed by atoms with Crippen LogP contribution in [0.4, 0.5) is 0 Å². The van der Waals surface area contributed by atoms with Crippen LogP contribution >= 0.6 is 0 Å². The van der Waals surface area contributed by atoms with Crippen molar-refractivity contribution in [2.75, 3.05) is 13.2 Å². The molecule has 0 radical (unpaired) electrons. The Hall–Kier alpha value is -0.200. The second kappa shape index (κ2) is 20.1. The third kappa shape index (κ3) is 21.8. The van der Waals surface area contributed by atoms with E-state index < -0.39 is 12.5 Å². The van der Waals surface area contributed by atoms with E-state index in [1.165, 1.54) is 89.9 Å². The van der Waals surface area contributed by atoms with Gasteiger partial charge in [0.25, 0.3) is 0 Å². The third-order valence-corrected chi connectivity index (χ3v) is 4.66. The number of unbranched alkanes of at least 4 members (excludes halogenated alkanes) is 15. The van der Waals surface area contributed by atoms with E-state index in [0.717, 1.165) is 12.8 Å². The van der Waals surface area contributed by atoms with Crippen LogP contribution in [0.2, 0.25) is 0 Å². The minimum Gasteiger partial charge on any atom is -0.412 e. The predicted molar refractivity (Wildman–Crippen MR) is 105 cm³/mol. The Bertz CT molecular complexity index is 250. The van der Waals surface area contributed by atoms with Crippen molar-refractivity contribution in [3.8, 4) is 0 Å². The Morgan fingerprint density at radius 1 is 0.600 bits per heavy atom. The van der Waals surface area contributed by atoms with E-state index in [2.05, 4.69) is 12.2 Å². The molecule has 0 amide bonds. The molecule has 0 saturated carbocycles. The Morgan fingerprint density at radius 3 is 1.24 bits per heavy atom. The maximum atomic E-state index is 9.14. The fourth-order valence-electron chi connectivity index (χ4n) is 3.02. The highest BCUT2D eigenvalue weighted by Gasteiger charge is 2.19. The summed E-state index contributed by atoms with van der Waals surface area (Å²) in [6, 6.07) is 0. The fourth-order valence-corrected chi connectivity index (χ4v) is 3.02. The van der Waals surface area contributed by atoms with Crippen LogP contribution in [0.3, 0.4) is 0 Å². The lowest BCUT2D eigenvalue weighted by Gasteiger charge is -2.19. The van der Waals surface area contributed by atoms with Gasteiger partial charge in [-0.25, -0.2) is 0 Å². The quantitative estimate of drug-likeness (QED) is 0.208. The molecule has 6 N–H and O–H groups in total. The topological polar surface area (TPSA) is 104 Å². The van der Waals surface area contributed by atoms with Crippen molar-refractivity contribution in [1.82, 2.24) is 5.32 Å². The van der Waals surface area contributed by atoms with Gasteiger partial charge in [-0.1, -0.05) is 103 Å². The highest BCUT2D eigenvalue weighted by Crippen LogP contribution is 2.13. The molecular weight excluding hydrogens is 318 g/mol. The molecule has 0 aromatic heterocycles. The van der Waals surface area contributed by atoms with E-state index in [9.17, 15) is 0 Å².